The van der Waals surface area contributed by atoms with Gasteiger partial charge in [-0.2, -0.15) is 0 Å². The van der Waals surface area contributed by atoms with E-state index >= 15 is 0 Å². The summed E-state index contributed by atoms with van der Waals surface area (Å²) in [7, 11) is 0. The summed E-state index contributed by atoms with van der Waals surface area (Å²) in [6.45, 7) is 4.74. The molecule has 0 amide bonds. The van der Waals surface area contributed by atoms with Crippen LogP contribution in [0.25, 0.3) is 0 Å². The molecule has 0 bridgehead atoms. The van der Waals surface area contributed by atoms with E-state index in [1.165, 1.54) is 25.8 Å². The molecule has 1 aliphatic heterocycles. The van der Waals surface area contributed by atoms with Gasteiger partial charge in [0.15, 0.2) is 0 Å². The third-order valence-corrected chi connectivity index (χ3v) is 3.30. The van der Waals surface area contributed by atoms with Crippen LogP contribution in [0, 0.1) is 0 Å². The molecule has 1 aliphatic rings. The zero-order chi connectivity index (χ0) is 12.5. The summed E-state index contributed by atoms with van der Waals surface area (Å²) in [6, 6.07) is 4.52. The zero-order valence-electron chi connectivity index (χ0n) is 11.0. The van der Waals surface area contributed by atoms with Gasteiger partial charge in [-0.25, -0.2) is 0 Å². The first-order valence-corrected chi connectivity index (χ1v) is 6.99. The molecule has 0 spiro atoms. The zero-order valence-corrected chi connectivity index (χ0v) is 11.0. The summed E-state index contributed by atoms with van der Waals surface area (Å²) in [5.74, 6) is 0.901. The summed E-state index contributed by atoms with van der Waals surface area (Å²) in [5.41, 5.74) is 0. The van der Waals surface area contributed by atoms with Crippen molar-refractivity contribution in [3.8, 4) is 0 Å². The van der Waals surface area contributed by atoms with Crippen LogP contribution in [-0.2, 0) is 11.3 Å². The van der Waals surface area contributed by atoms with Crippen LogP contribution < -0.4 is 10.6 Å². The highest BCUT2D eigenvalue weighted by Crippen LogP contribution is 2.05. The molecular formula is C14H24N2O2. The molecule has 0 aromatic carbocycles. The number of hydrogen-bond acceptors (Lipinski definition) is 4. The predicted molar refractivity (Wildman–Crippen MR) is 71.5 cm³/mol. The van der Waals surface area contributed by atoms with Crippen LogP contribution in [0.5, 0.6) is 0 Å². The van der Waals surface area contributed by atoms with E-state index < -0.39 is 0 Å². The Morgan fingerprint density at radius 3 is 3.28 bits per heavy atom. The second kappa shape index (κ2) is 8.29. The van der Waals surface area contributed by atoms with Gasteiger partial charge in [-0.1, -0.05) is 0 Å². The summed E-state index contributed by atoms with van der Waals surface area (Å²) in [6.07, 6.45) is 6.56. The molecule has 1 unspecified atom stereocenters. The summed E-state index contributed by atoms with van der Waals surface area (Å²) >= 11 is 0. The minimum Gasteiger partial charge on any atom is -0.467 e. The number of ether oxygens (including phenoxy) is 1. The van der Waals surface area contributed by atoms with E-state index in [4.69, 9.17) is 9.15 Å². The molecule has 0 radical (unpaired) electrons. The van der Waals surface area contributed by atoms with Crippen molar-refractivity contribution in [3.63, 3.8) is 0 Å². The summed E-state index contributed by atoms with van der Waals surface area (Å²) in [4.78, 5) is 0. The third kappa shape index (κ3) is 5.21. The van der Waals surface area contributed by atoms with Crippen LogP contribution in [0.1, 0.15) is 31.4 Å². The van der Waals surface area contributed by atoms with Crippen molar-refractivity contribution in [2.45, 2.75) is 38.3 Å². The van der Waals surface area contributed by atoms with Crippen LogP contribution in [-0.4, -0.2) is 32.3 Å². The monoisotopic (exact) mass is 252 g/mol. The van der Waals surface area contributed by atoms with Gasteiger partial charge in [0.05, 0.1) is 6.26 Å². The minimum atomic E-state index is 0.584. The Morgan fingerprint density at radius 2 is 2.39 bits per heavy atom. The number of rotatable bonds is 7. The normalized spacial score (nSPS) is 20.8. The van der Waals surface area contributed by atoms with Gasteiger partial charge in [0.1, 0.15) is 12.4 Å². The first-order chi connectivity index (χ1) is 8.95. The Labute approximate surface area is 109 Å². The van der Waals surface area contributed by atoms with Crippen molar-refractivity contribution < 1.29 is 9.15 Å². The van der Waals surface area contributed by atoms with Crippen molar-refractivity contribution in [3.05, 3.63) is 24.2 Å². The SMILES string of the molecule is c1coc(COCCCNC2CCCNCC2)c1. The molecule has 0 saturated carbocycles. The Balaban J connectivity index is 1.45. The Kier molecular flexibility index (Phi) is 6.26. The molecule has 1 fully saturated rings. The maximum atomic E-state index is 5.55. The second-order valence-electron chi connectivity index (χ2n) is 4.82. The summed E-state index contributed by atoms with van der Waals surface area (Å²) < 4.78 is 10.7. The van der Waals surface area contributed by atoms with Gasteiger partial charge in [-0.15, -0.1) is 0 Å². The first-order valence-electron chi connectivity index (χ1n) is 6.99. The van der Waals surface area contributed by atoms with Crippen molar-refractivity contribution >= 4 is 0 Å². The molecule has 2 heterocycles. The molecule has 2 rings (SSSR count). The van der Waals surface area contributed by atoms with E-state index in [2.05, 4.69) is 10.6 Å². The van der Waals surface area contributed by atoms with Crippen molar-refractivity contribution in [2.75, 3.05) is 26.2 Å². The van der Waals surface area contributed by atoms with E-state index in [-0.39, 0.29) is 0 Å². The topological polar surface area (TPSA) is 46.4 Å². The molecule has 1 aromatic heterocycles. The van der Waals surface area contributed by atoms with Gasteiger partial charge in [0.2, 0.25) is 0 Å². The molecule has 1 saturated heterocycles. The smallest absolute Gasteiger partial charge is 0.129 e. The highest BCUT2D eigenvalue weighted by Gasteiger charge is 2.10. The molecule has 102 valence electrons. The number of hydrogen-bond donors (Lipinski definition) is 2. The first kappa shape index (κ1) is 13.6. The Bertz CT molecular complexity index is 293. The van der Waals surface area contributed by atoms with Gasteiger partial charge < -0.3 is 19.8 Å². The fourth-order valence-electron chi connectivity index (χ4n) is 2.27. The highest BCUT2D eigenvalue weighted by atomic mass is 16.5. The molecule has 18 heavy (non-hydrogen) atoms. The molecular weight excluding hydrogens is 228 g/mol. The van der Waals surface area contributed by atoms with Gasteiger partial charge >= 0.3 is 0 Å². The second-order valence-corrected chi connectivity index (χ2v) is 4.82. The fraction of sp³-hybridized carbons (Fsp3) is 0.714. The summed E-state index contributed by atoms with van der Waals surface area (Å²) in [5, 5.41) is 7.04. The van der Waals surface area contributed by atoms with Crippen LogP contribution >= 0.6 is 0 Å². The lowest BCUT2D eigenvalue weighted by molar-refractivity contribution is 0.103. The molecule has 2 N–H and O–H groups in total. The molecule has 4 nitrogen and oxygen atoms in total. The van der Waals surface area contributed by atoms with Crippen LogP contribution in [0.4, 0.5) is 0 Å². The quantitative estimate of drug-likeness (QED) is 0.728. The fourth-order valence-corrected chi connectivity index (χ4v) is 2.27. The van der Waals surface area contributed by atoms with E-state index in [9.17, 15) is 0 Å². The lowest BCUT2D eigenvalue weighted by Gasteiger charge is -2.15. The lowest BCUT2D eigenvalue weighted by Crippen LogP contribution is -2.31. The number of furan rings is 1. The van der Waals surface area contributed by atoms with Crippen molar-refractivity contribution in [1.29, 1.82) is 0 Å². The van der Waals surface area contributed by atoms with Crippen molar-refractivity contribution in [1.82, 2.24) is 10.6 Å². The molecule has 4 heteroatoms. The average molecular weight is 252 g/mol. The van der Waals surface area contributed by atoms with Gasteiger partial charge in [0.25, 0.3) is 0 Å². The average Bonchev–Trinajstić information content (AvgIpc) is 2.76. The van der Waals surface area contributed by atoms with Gasteiger partial charge in [-0.05, 0) is 57.5 Å². The largest absolute Gasteiger partial charge is 0.467 e. The van der Waals surface area contributed by atoms with E-state index in [0.29, 0.717) is 12.6 Å². The predicted octanol–water partition coefficient (Wildman–Crippen LogP) is 1.92. The maximum absolute atomic E-state index is 5.55. The van der Waals surface area contributed by atoms with Crippen LogP contribution in [0.3, 0.4) is 0 Å². The van der Waals surface area contributed by atoms with E-state index in [1.807, 2.05) is 12.1 Å². The Morgan fingerprint density at radius 1 is 1.39 bits per heavy atom. The van der Waals surface area contributed by atoms with Crippen molar-refractivity contribution in [2.24, 2.45) is 0 Å². The van der Waals surface area contributed by atoms with E-state index in [0.717, 1.165) is 31.9 Å². The maximum Gasteiger partial charge on any atom is 0.129 e. The van der Waals surface area contributed by atoms with E-state index in [1.54, 1.807) is 6.26 Å². The lowest BCUT2D eigenvalue weighted by atomic mass is 10.1. The molecule has 0 aliphatic carbocycles. The van der Waals surface area contributed by atoms with Crippen LogP contribution in [0.15, 0.2) is 22.8 Å². The highest BCUT2D eigenvalue weighted by molar-refractivity contribution is 4.95. The number of nitrogens with one attached hydrogen (secondary N) is 2. The minimum absolute atomic E-state index is 0.584. The third-order valence-electron chi connectivity index (χ3n) is 3.30. The van der Waals surface area contributed by atoms with Crippen LogP contribution in [0.2, 0.25) is 0 Å². The molecule has 1 aromatic rings. The standard InChI is InChI=1S/C14H24N2O2/c1-4-13(6-9-15-7-1)16-8-3-10-17-12-14-5-2-11-18-14/h2,5,11,13,15-16H,1,3-4,6-10,12H2. The molecule has 1 atom stereocenters. The van der Waals surface area contributed by atoms with Gasteiger partial charge in [-0.3, -0.25) is 0 Å². The Hall–Kier alpha value is -0.840. The van der Waals surface area contributed by atoms with Gasteiger partial charge in [0, 0.05) is 12.6 Å².